The molecule has 33 heavy (non-hydrogen) atoms. The van der Waals surface area contributed by atoms with Crippen molar-refractivity contribution in [2.45, 2.75) is 32.0 Å². The van der Waals surface area contributed by atoms with Crippen LogP contribution < -0.4 is 10.2 Å². The summed E-state index contributed by atoms with van der Waals surface area (Å²) in [5.74, 6) is -1.46. The Labute approximate surface area is 190 Å². The largest absolute Gasteiger partial charge is 0.454 e. The molecule has 176 valence electrons. The molecule has 1 saturated heterocycles. The van der Waals surface area contributed by atoms with E-state index in [1.54, 1.807) is 6.92 Å². The van der Waals surface area contributed by atoms with E-state index in [-0.39, 0.29) is 22.2 Å². The number of esters is 1. The molecule has 13 heteroatoms. The van der Waals surface area contributed by atoms with Gasteiger partial charge in [0, 0.05) is 24.9 Å². The van der Waals surface area contributed by atoms with Crippen LogP contribution in [0.25, 0.3) is 0 Å². The lowest BCUT2D eigenvalue weighted by Crippen LogP contribution is -2.39. The van der Waals surface area contributed by atoms with Crippen LogP contribution in [0.3, 0.4) is 0 Å². The van der Waals surface area contributed by atoms with Crippen molar-refractivity contribution in [3.63, 3.8) is 0 Å². The number of amides is 1. The summed E-state index contributed by atoms with van der Waals surface area (Å²) in [5, 5.41) is 13.1. The summed E-state index contributed by atoms with van der Waals surface area (Å²) in [4.78, 5) is 40.2. The molecule has 0 spiro atoms. The smallest absolute Gasteiger partial charge is 0.417 e. The zero-order chi connectivity index (χ0) is 24.3. The molecule has 0 radical (unpaired) electrons. The molecule has 1 aliphatic heterocycles. The van der Waals surface area contributed by atoms with Gasteiger partial charge in [0.05, 0.1) is 21.2 Å². The number of alkyl halides is 3. The maximum atomic E-state index is 12.8. The zero-order valence-corrected chi connectivity index (χ0v) is 17.9. The molecular weight excluding hydrogens is 469 g/mol. The van der Waals surface area contributed by atoms with Gasteiger partial charge in [-0.25, -0.2) is 9.78 Å². The van der Waals surface area contributed by atoms with Crippen LogP contribution in [0.5, 0.6) is 0 Å². The van der Waals surface area contributed by atoms with Gasteiger partial charge in [0.2, 0.25) is 0 Å². The quantitative estimate of drug-likeness (QED) is 0.371. The number of aryl methyl sites for hydroxylation is 1. The number of nitro groups is 1. The van der Waals surface area contributed by atoms with Gasteiger partial charge in [-0.05, 0) is 31.4 Å². The van der Waals surface area contributed by atoms with Gasteiger partial charge in [-0.15, -0.1) is 0 Å². The second-order valence-corrected chi connectivity index (χ2v) is 7.70. The number of anilines is 2. The van der Waals surface area contributed by atoms with Crippen molar-refractivity contribution >= 4 is 40.7 Å². The Balaban J connectivity index is 1.64. The van der Waals surface area contributed by atoms with Crippen LogP contribution in [0, 0.1) is 17.0 Å². The molecule has 2 heterocycles. The molecule has 9 nitrogen and oxygen atoms in total. The fourth-order valence-corrected chi connectivity index (χ4v) is 3.61. The number of hydrogen-bond acceptors (Lipinski definition) is 7. The molecular formula is C20H18ClF3N4O5. The lowest BCUT2D eigenvalue weighted by molar-refractivity contribution is -0.384. The number of benzene rings is 1. The van der Waals surface area contributed by atoms with Crippen molar-refractivity contribution < 1.29 is 32.4 Å². The fourth-order valence-electron chi connectivity index (χ4n) is 3.34. The number of nitro benzene ring substituents is 1. The highest BCUT2D eigenvalue weighted by molar-refractivity contribution is 6.33. The Morgan fingerprint density at radius 2 is 2.09 bits per heavy atom. The molecule has 1 unspecified atom stereocenters. The Morgan fingerprint density at radius 1 is 1.36 bits per heavy atom. The highest BCUT2D eigenvalue weighted by Crippen LogP contribution is 2.35. The van der Waals surface area contributed by atoms with E-state index in [4.69, 9.17) is 16.3 Å². The van der Waals surface area contributed by atoms with Crippen LogP contribution >= 0.6 is 11.6 Å². The van der Waals surface area contributed by atoms with Crippen molar-refractivity contribution in [2.75, 3.05) is 23.4 Å². The molecule has 1 fully saturated rings. The van der Waals surface area contributed by atoms with E-state index < -0.39 is 41.2 Å². The van der Waals surface area contributed by atoms with Crippen LogP contribution in [-0.2, 0) is 20.5 Å². The standard InChI is InChI=1S/C20H18ClF3N4O5/c1-11-4-5-13(28(31)32)8-15(11)26-17(29)10-33-19(30)16-3-2-6-27(16)18-14(21)7-12(9-25-18)20(22,23)24/h4-5,7-9,16H,2-3,6,10H2,1H3,(H,26,29). The Morgan fingerprint density at radius 3 is 2.73 bits per heavy atom. The Bertz CT molecular complexity index is 1100. The maximum absolute atomic E-state index is 12.8. The summed E-state index contributed by atoms with van der Waals surface area (Å²) in [5.41, 5.74) is -0.447. The number of hydrogen-bond donors (Lipinski definition) is 1. The third-order valence-electron chi connectivity index (χ3n) is 5.00. The van der Waals surface area contributed by atoms with Gasteiger partial charge in [-0.1, -0.05) is 17.7 Å². The highest BCUT2D eigenvalue weighted by atomic mass is 35.5. The molecule has 1 aliphatic rings. The first-order valence-electron chi connectivity index (χ1n) is 9.68. The minimum Gasteiger partial charge on any atom is -0.454 e. The normalized spacial score (nSPS) is 15.9. The average Bonchev–Trinajstić information content (AvgIpc) is 3.22. The summed E-state index contributed by atoms with van der Waals surface area (Å²) in [7, 11) is 0. The molecule has 0 bridgehead atoms. The van der Waals surface area contributed by atoms with Crippen LogP contribution in [-0.4, -0.2) is 41.0 Å². The van der Waals surface area contributed by atoms with Gasteiger partial charge in [0.25, 0.3) is 11.6 Å². The van der Waals surface area contributed by atoms with E-state index in [0.717, 1.165) is 6.07 Å². The van der Waals surface area contributed by atoms with Crippen molar-refractivity contribution in [1.29, 1.82) is 0 Å². The van der Waals surface area contributed by atoms with E-state index in [9.17, 15) is 32.9 Å². The van der Waals surface area contributed by atoms with Gasteiger partial charge in [-0.2, -0.15) is 13.2 Å². The summed E-state index contributed by atoms with van der Waals surface area (Å²) in [6.07, 6.45) is -3.10. The second-order valence-electron chi connectivity index (χ2n) is 7.29. The number of ether oxygens (including phenoxy) is 1. The first-order chi connectivity index (χ1) is 15.5. The molecule has 1 aromatic carbocycles. The number of non-ortho nitro benzene ring substituents is 1. The van der Waals surface area contributed by atoms with Gasteiger partial charge in [0.1, 0.15) is 11.9 Å². The fraction of sp³-hybridized carbons (Fsp3) is 0.350. The van der Waals surface area contributed by atoms with Crippen molar-refractivity contribution in [3.05, 3.63) is 56.7 Å². The molecule has 1 amide bonds. The maximum Gasteiger partial charge on any atom is 0.417 e. The number of nitrogens with zero attached hydrogens (tertiary/aromatic N) is 3. The molecule has 1 aromatic heterocycles. The summed E-state index contributed by atoms with van der Waals surface area (Å²) < 4.78 is 43.6. The highest BCUT2D eigenvalue weighted by Gasteiger charge is 2.36. The third kappa shape index (κ3) is 5.69. The van der Waals surface area contributed by atoms with Crippen molar-refractivity contribution in [3.8, 4) is 0 Å². The number of pyridine rings is 1. The Hall–Kier alpha value is -3.41. The summed E-state index contributed by atoms with van der Waals surface area (Å²) in [6, 6.07) is 3.81. The number of carbonyl (C=O) groups is 2. The first-order valence-corrected chi connectivity index (χ1v) is 10.1. The second kappa shape index (κ2) is 9.61. The molecule has 1 N–H and O–H groups in total. The van der Waals surface area contributed by atoms with Crippen LogP contribution in [0.2, 0.25) is 5.02 Å². The number of nitrogens with one attached hydrogen (secondary N) is 1. The van der Waals surface area contributed by atoms with Gasteiger partial charge in [-0.3, -0.25) is 14.9 Å². The molecule has 0 aliphatic carbocycles. The molecule has 0 saturated carbocycles. The topological polar surface area (TPSA) is 115 Å². The van der Waals surface area contributed by atoms with E-state index in [1.807, 2.05) is 0 Å². The minimum atomic E-state index is -4.61. The predicted octanol–water partition coefficient (Wildman–Crippen LogP) is 4.12. The van der Waals surface area contributed by atoms with E-state index in [0.29, 0.717) is 31.1 Å². The molecule has 1 atom stereocenters. The van der Waals surface area contributed by atoms with Gasteiger partial charge >= 0.3 is 12.1 Å². The number of aromatic nitrogens is 1. The summed E-state index contributed by atoms with van der Waals surface area (Å²) in [6.45, 7) is 1.30. The van der Waals surface area contributed by atoms with E-state index in [2.05, 4.69) is 10.3 Å². The molecule has 2 aromatic rings. The SMILES string of the molecule is Cc1ccc([N+](=O)[O-])cc1NC(=O)COC(=O)C1CCCN1c1ncc(C(F)(F)F)cc1Cl. The van der Waals surface area contributed by atoms with Gasteiger partial charge < -0.3 is 15.0 Å². The van der Waals surface area contributed by atoms with Crippen LogP contribution in [0.15, 0.2) is 30.5 Å². The van der Waals surface area contributed by atoms with Gasteiger partial charge in [0.15, 0.2) is 6.61 Å². The number of carbonyl (C=O) groups excluding carboxylic acids is 2. The lowest BCUT2D eigenvalue weighted by atomic mass is 10.2. The number of halogens is 4. The van der Waals surface area contributed by atoms with Crippen LogP contribution in [0.4, 0.5) is 30.4 Å². The third-order valence-corrected chi connectivity index (χ3v) is 5.28. The molecule has 3 rings (SSSR count). The van der Waals surface area contributed by atoms with E-state index >= 15 is 0 Å². The first kappa shape index (κ1) is 24.2. The summed E-state index contributed by atoms with van der Waals surface area (Å²) >= 11 is 5.98. The number of rotatable bonds is 6. The predicted molar refractivity (Wildman–Crippen MR) is 112 cm³/mol. The van der Waals surface area contributed by atoms with Crippen molar-refractivity contribution in [1.82, 2.24) is 4.98 Å². The Kier molecular flexibility index (Phi) is 7.06. The van der Waals surface area contributed by atoms with Crippen LogP contribution in [0.1, 0.15) is 24.0 Å². The zero-order valence-electron chi connectivity index (χ0n) is 17.2. The monoisotopic (exact) mass is 486 g/mol. The average molecular weight is 487 g/mol. The lowest BCUT2D eigenvalue weighted by Gasteiger charge is -2.25. The van der Waals surface area contributed by atoms with E-state index in [1.165, 1.54) is 23.1 Å². The minimum absolute atomic E-state index is 0.0146. The van der Waals surface area contributed by atoms with Crippen molar-refractivity contribution in [2.24, 2.45) is 0 Å².